The number of alkyl halides is 3. The molecule has 1 amide bonds. The third kappa shape index (κ3) is 4.02. The first-order valence-electron chi connectivity index (χ1n) is 8.19. The van der Waals surface area contributed by atoms with Crippen molar-refractivity contribution in [3.8, 4) is 0 Å². The number of aliphatic carboxylic acids is 1. The number of hydrogen-bond donors (Lipinski definition) is 1. The number of fused-ring (bicyclic) bond motifs is 1. The van der Waals surface area contributed by atoms with E-state index in [1.54, 1.807) is 37.3 Å². The maximum absolute atomic E-state index is 12.7. The lowest BCUT2D eigenvalue weighted by molar-refractivity contribution is -0.138. The Kier molecular flexibility index (Phi) is 4.78. The predicted octanol–water partition coefficient (Wildman–Crippen LogP) is 4.61. The smallest absolute Gasteiger partial charge is 0.409 e. The Morgan fingerprint density at radius 2 is 1.85 bits per heavy atom. The van der Waals surface area contributed by atoms with E-state index >= 15 is 0 Å². The van der Waals surface area contributed by atoms with Crippen molar-refractivity contribution in [1.29, 1.82) is 0 Å². The van der Waals surface area contributed by atoms with Crippen LogP contribution in [0.3, 0.4) is 0 Å². The Labute approximate surface area is 153 Å². The second-order valence-electron chi connectivity index (χ2n) is 6.33. The van der Waals surface area contributed by atoms with Gasteiger partial charge in [-0.15, -0.1) is 0 Å². The number of anilines is 1. The van der Waals surface area contributed by atoms with Crippen molar-refractivity contribution < 1.29 is 27.9 Å². The number of nitrogens with zero attached hydrogens (tertiary/aromatic N) is 1. The minimum Gasteiger partial charge on any atom is -0.481 e. The molecule has 0 fully saturated rings. The van der Waals surface area contributed by atoms with Gasteiger partial charge in [0.25, 0.3) is 5.91 Å². The summed E-state index contributed by atoms with van der Waals surface area (Å²) in [4.78, 5) is 25.2. The minimum atomic E-state index is -4.41. The van der Waals surface area contributed by atoms with E-state index in [4.69, 9.17) is 5.11 Å². The van der Waals surface area contributed by atoms with E-state index in [9.17, 15) is 22.8 Å². The second kappa shape index (κ2) is 6.90. The average Bonchev–Trinajstić information content (AvgIpc) is 2.95. The van der Waals surface area contributed by atoms with Crippen LogP contribution in [0.4, 0.5) is 18.9 Å². The van der Waals surface area contributed by atoms with Gasteiger partial charge in [-0.25, -0.2) is 0 Å². The molecule has 0 radical (unpaired) electrons. The van der Waals surface area contributed by atoms with Crippen LogP contribution < -0.4 is 4.90 Å². The third-order valence-electron chi connectivity index (χ3n) is 4.48. The average molecular weight is 375 g/mol. The minimum absolute atomic E-state index is 0.133. The first-order valence-corrected chi connectivity index (χ1v) is 8.19. The van der Waals surface area contributed by atoms with E-state index in [1.807, 2.05) is 0 Å². The molecule has 0 saturated heterocycles. The summed E-state index contributed by atoms with van der Waals surface area (Å²) in [7, 11) is 0. The van der Waals surface area contributed by atoms with Gasteiger partial charge in [0.2, 0.25) is 0 Å². The lowest BCUT2D eigenvalue weighted by Gasteiger charge is -2.16. The lowest BCUT2D eigenvalue weighted by atomic mass is 10.0. The van der Waals surface area contributed by atoms with E-state index < -0.39 is 18.1 Å². The molecular formula is C20H16F3NO3. The van der Waals surface area contributed by atoms with Crippen LogP contribution in [0, 0.1) is 0 Å². The summed E-state index contributed by atoms with van der Waals surface area (Å²) in [6.45, 7) is 1.88. The molecule has 0 saturated carbocycles. The molecule has 3 rings (SSSR count). The number of carbonyl (C=O) groups excluding carboxylic acids is 1. The van der Waals surface area contributed by atoms with Gasteiger partial charge in [-0.3, -0.25) is 9.59 Å². The topological polar surface area (TPSA) is 57.6 Å². The summed E-state index contributed by atoms with van der Waals surface area (Å²) >= 11 is 0. The van der Waals surface area contributed by atoms with Gasteiger partial charge in [0.1, 0.15) is 0 Å². The number of amides is 1. The Morgan fingerprint density at radius 3 is 2.44 bits per heavy atom. The fourth-order valence-electron chi connectivity index (χ4n) is 2.91. The predicted molar refractivity (Wildman–Crippen MR) is 94.5 cm³/mol. The largest absolute Gasteiger partial charge is 0.481 e. The number of allylic oxidation sites excluding steroid dienone is 1. The highest BCUT2D eigenvalue weighted by Crippen LogP contribution is 2.30. The van der Waals surface area contributed by atoms with E-state index in [0.29, 0.717) is 28.9 Å². The molecule has 7 heteroatoms. The number of hydrogen-bond acceptors (Lipinski definition) is 2. The van der Waals surface area contributed by atoms with Crippen molar-refractivity contribution in [3.05, 3.63) is 70.8 Å². The monoisotopic (exact) mass is 375 g/mol. The summed E-state index contributed by atoms with van der Waals surface area (Å²) in [5, 5.41) is 9.06. The zero-order valence-corrected chi connectivity index (χ0v) is 14.3. The molecule has 2 aromatic rings. The zero-order valence-electron chi connectivity index (χ0n) is 14.3. The first kappa shape index (κ1) is 18.7. The van der Waals surface area contributed by atoms with Crippen molar-refractivity contribution in [2.75, 3.05) is 4.90 Å². The maximum Gasteiger partial charge on any atom is 0.409 e. The molecule has 1 heterocycles. The first-order chi connectivity index (χ1) is 12.7. The Bertz CT molecular complexity index is 917. The number of carboxylic acids is 1. The van der Waals surface area contributed by atoms with E-state index in [2.05, 4.69) is 0 Å². The van der Waals surface area contributed by atoms with Crippen LogP contribution >= 0.6 is 0 Å². The second-order valence-corrected chi connectivity index (χ2v) is 6.33. The molecule has 1 aliphatic rings. The van der Waals surface area contributed by atoms with Crippen molar-refractivity contribution in [2.24, 2.45) is 0 Å². The third-order valence-corrected chi connectivity index (χ3v) is 4.48. The van der Waals surface area contributed by atoms with Crippen LogP contribution in [0.15, 0.2) is 48.5 Å². The zero-order chi connectivity index (χ0) is 19.8. The lowest BCUT2D eigenvalue weighted by Crippen LogP contribution is -2.23. The van der Waals surface area contributed by atoms with E-state index in [1.165, 1.54) is 17.0 Å². The number of carboxylic acid groups (broad SMARTS) is 1. The number of carbonyl (C=O) groups is 2. The molecule has 1 aliphatic heterocycles. The molecule has 4 nitrogen and oxygen atoms in total. The van der Waals surface area contributed by atoms with Crippen molar-refractivity contribution in [3.63, 3.8) is 0 Å². The van der Waals surface area contributed by atoms with E-state index in [-0.39, 0.29) is 12.0 Å². The number of benzene rings is 2. The number of rotatable bonds is 4. The van der Waals surface area contributed by atoms with Crippen molar-refractivity contribution in [1.82, 2.24) is 0 Å². The fourth-order valence-corrected chi connectivity index (χ4v) is 2.91. The summed E-state index contributed by atoms with van der Waals surface area (Å²) in [5.41, 5.74) is 2.61. The fraction of sp³-hybridized carbons (Fsp3) is 0.200. The summed E-state index contributed by atoms with van der Waals surface area (Å²) < 4.78 is 36.9. The Morgan fingerprint density at radius 1 is 1.19 bits per heavy atom. The highest BCUT2D eigenvalue weighted by molar-refractivity contribution is 6.10. The molecule has 0 aliphatic carbocycles. The maximum atomic E-state index is 12.7. The molecule has 0 aromatic heterocycles. The standard InChI is InChI=1S/C20H16F3NO3/c1-12(19(26)27)14-4-6-16(7-5-14)24-11-15-3-2-13(8-9-20(21,22)23)10-17(15)18(24)25/h2-10,12H,11H2,1H3,(H,26,27). The van der Waals surface area contributed by atoms with Gasteiger partial charge in [0.15, 0.2) is 0 Å². The van der Waals surface area contributed by atoms with Gasteiger partial charge in [-0.1, -0.05) is 30.3 Å². The highest BCUT2D eigenvalue weighted by Gasteiger charge is 2.29. The highest BCUT2D eigenvalue weighted by atomic mass is 19.4. The van der Waals surface area contributed by atoms with Crippen LogP contribution in [0.2, 0.25) is 0 Å². The molecule has 27 heavy (non-hydrogen) atoms. The Balaban J connectivity index is 1.83. The molecule has 0 spiro atoms. The van der Waals surface area contributed by atoms with Gasteiger partial charge >= 0.3 is 12.1 Å². The quantitative estimate of drug-likeness (QED) is 0.849. The molecule has 2 aromatic carbocycles. The van der Waals surface area contributed by atoms with Gasteiger partial charge in [-0.05, 0) is 41.8 Å². The van der Waals surface area contributed by atoms with Gasteiger partial charge in [-0.2, -0.15) is 13.2 Å². The van der Waals surface area contributed by atoms with Crippen LogP contribution in [0.1, 0.15) is 39.9 Å². The molecular weight excluding hydrogens is 359 g/mol. The van der Waals surface area contributed by atoms with Crippen molar-refractivity contribution in [2.45, 2.75) is 25.6 Å². The molecule has 1 unspecified atom stereocenters. The SMILES string of the molecule is CC(C(=O)O)c1ccc(N2Cc3ccc(C=CC(F)(F)F)cc3C2=O)cc1. The van der Waals surface area contributed by atoms with Crippen LogP contribution in [0.25, 0.3) is 6.08 Å². The molecule has 1 atom stereocenters. The Hall–Kier alpha value is -3.09. The van der Waals surface area contributed by atoms with E-state index in [0.717, 1.165) is 11.6 Å². The number of halogens is 3. The van der Waals surface area contributed by atoms with Crippen LogP contribution in [0.5, 0.6) is 0 Å². The van der Waals surface area contributed by atoms with Crippen LogP contribution in [-0.4, -0.2) is 23.2 Å². The summed E-state index contributed by atoms with van der Waals surface area (Å²) in [6, 6.07) is 11.3. The van der Waals surface area contributed by atoms with Gasteiger partial charge in [0.05, 0.1) is 12.5 Å². The van der Waals surface area contributed by atoms with Gasteiger partial charge in [0, 0.05) is 17.3 Å². The van der Waals surface area contributed by atoms with Gasteiger partial charge < -0.3 is 10.0 Å². The molecule has 140 valence electrons. The molecule has 0 bridgehead atoms. The normalized spacial score (nSPS) is 15.3. The molecule has 1 N–H and O–H groups in total. The van der Waals surface area contributed by atoms with Crippen LogP contribution in [-0.2, 0) is 11.3 Å². The van der Waals surface area contributed by atoms with Crippen molar-refractivity contribution >= 4 is 23.6 Å². The summed E-state index contributed by atoms with van der Waals surface area (Å²) in [5.74, 6) is -1.90. The summed E-state index contributed by atoms with van der Waals surface area (Å²) in [6.07, 6.45) is -3.35.